The van der Waals surface area contributed by atoms with Crippen molar-refractivity contribution < 1.29 is 4.43 Å². The molecular weight excluding hydrogens is 152 g/mol. The molecule has 0 fully saturated rings. The summed E-state index contributed by atoms with van der Waals surface area (Å²) in [5, 5.41) is 0.240. The van der Waals surface area contributed by atoms with Gasteiger partial charge in [-0.2, -0.15) is 0 Å². The van der Waals surface area contributed by atoms with Crippen LogP contribution in [0.2, 0.25) is 18.1 Å². The van der Waals surface area contributed by atoms with Crippen LogP contribution in [-0.4, -0.2) is 14.9 Å². The van der Waals surface area contributed by atoms with Crippen molar-refractivity contribution in [2.75, 3.05) is 6.61 Å². The first-order valence-corrected chi connectivity index (χ1v) is 6.75. The van der Waals surface area contributed by atoms with E-state index in [0.29, 0.717) is 6.61 Å². The van der Waals surface area contributed by atoms with Crippen LogP contribution < -0.4 is 0 Å². The molecular formula is C9H17OSi+. The number of rotatable bonds is 2. The minimum absolute atomic E-state index is 0.240. The van der Waals surface area contributed by atoms with Crippen LogP contribution in [0, 0.1) is 12.3 Å². The summed E-state index contributed by atoms with van der Waals surface area (Å²) in [6.45, 7) is 11.2. The normalized spacial score (nSPS) is 13.0. The van der Waals surface area contributed by atoms with Gasteiger partial charge in [0.05, 0.1) is 0 Å². The van der Waals surface area contributed by atoms with Crippen molar-refractivity contribution in [3.8, 4) is 5.92 Å². The van der Waals surface area contributed by atoms with Crippen LogP contribution in [0.3, 0.4) is 0 Å². The molecule has 2 heteroatoms. The zero-order chi connectivity index (χ0) is 9.12. The van der Waals surface area contributed by atoms with Gasteiger partial charge in [-0.25, -0.2) is 0 Å². The summed E-state index contributed by atoms with van der Waals surface area (Å²) in [6, 6.07) is 0. The fourth-order valence-electron chi connectivity index (χ4n) is 0.433. The molecule has 0 aromatic heterocycles. The molecule has 0 bridgehead atoms. The van der Waals surface area contributed by atoms with Gasteiger partial charge in [0.1, 0.15) is 0 Å². The molecule has 11 heavy (non-hydrogen) atoms. The Bertz CT molecular complexity index is 159. The van der Waals surface area contributed by atoms with Gasteiger partial charge in [-0.15, -0.1) is 0 Å². The molecule has 0 unspecified atom stereocenters. The molecule has 0 saturated carbocycles. The van der Waals surface area contributed by atoms with E-state index >= 15 is 0 Å². The van der Waals surface area contributed by atoms with E-state index < -0.39 is 8.32 Å². The van der Waals surface area contributed by atoms with Crippen LogP contribution in [0.15, 0.2) is 0 Å². The third-order valence-corrected chi connectivity index (χ3v) is 6.79. The van der Waals surface area contributed by atoms with Crippen LogP contribution in [-0.2, 0) is 4.43 Å². The molecule has 0 aromatic carbocycles. The molecule has 0 heterocycles. The predicted octanol–water partition coefficient (Wildman–Crippen LogP) is 2.60. The van der Waals surface area contributed by atoms with Gasteiger partial charge >= 0.3 is 70.6 Å². The van der Waals surface area contributed by atoms with Crippen molar-refractivity contribution >= 4 is 8.32 Å². The van der Waals surface area contributed by atoms with Gasteiger partial charge in [-0.05, 0) is 0 Å². The minimum atomic E-state index is -1.61. The van der Waals surface area contributed by atoms with Gasteiger partial charge in [-0.3, -0.25) is 0 Å². The summed E-state index contributed by atoms with van der Waals surface area (Å²) in [6.07, 6.45) is 6.73. The summed E-state index contributed by atoms with van der Waals surface area (Å²) in [7, 11) is -1.61. The Labute approximate surface area is 71.3 Å². The molecule has 0 rings (SSSR count). The topological polar surface area (TPSA) is 9.23 Å². The predicted molar refractivity (Wildman–Crippen MR) is 50.3 cm³/mol. The van der Waals surface area contributed by atoms with Gasteiger partial charge in [-0.1, -0.05) is 0 Å². The molecule has 0 aromatic rings. The van der Waals surface area contributed by atoms with E-state index in [0.717, 1.165) is 0 Å². The molecule has 1 nitrogen and oxygen atoms in total. The third-order valence-electron chi connectivity index (χ3n) is 2.31. The Kier molecular flexibility index (Phi) is 3.56. The summed E-state index contributed by atoms with van der Waals surface area (Å²) >= 11 is 0. The van der Waals surface area contributed by atoms with E-state index in [1.807, 2.05) is 0 Å². The molecule has 0 spiro atoms. The standard InChI is InChI=1S/C9H17OSi/c1-7-8-10-11(5,6)9(2,3)4/h8H2,2-6H3/q+1. The maximum absolute atomic E-state index is 6.73. The fourth-order valence-corrected chi connectivity index (χ4v) is 1.30. The quantitative estimate of drug-likeness (QED) is 0.351. The summed E-state index contributed by atoms with van der Waals surface area (Å²) in [4.78, 5) is 0. The number of hydrogen-bond donors (Lipinski definition) is 0. The first-order valence-electron chi connectivity index (χ1n) is 3.85. The molecule has 0 radical (unpaired) electrons. The summed E-state index contributed by atoms with van der Waals surface area (Å²) < 4.78 is 5.58. The fraction of sp³-hybridized carbons (Fsp3) is 0.778. The Balaban J connectivity index is 4.13. The van der Waals surface area contributed by atoms with E-state index in [9.17, 15) is 0 Å². The van der Waals surface area contributed by atoms with E-state index in [4.69, 9.17) is 10.8 Å². The second-order valence-corrected chi connectivity index (χ2v) is 9.04. The van der Waals surface area contributed by atoms with E-state index in [1.165, 1.54) is 0 Å². The number of hydrogen-bond acceptors (Lipinski definition) is 1. The van der Waals surface area contributed by atoms with Crippen LogP contribution in [0.1, 0.15) is 20.8 Å². The second kappa shape index (κ2) is 3.57. The molecule has 0 aliphatic carbocycles. The van der Waals surface area contributed by atoms with Gasteiger partial charge in [0.2, 0.25) is 0 Å². The van der Waals surface area contributed by atoms with Crippen LogP contribution >= 0.6 is 0 Å². The van der Waals surface area contributed by atoms with Crippen molar-refractivity contribution in [2.45, 2.75) is 38.9 Å². The monoisotopic (exact) mass is 169 g/mol. The Morgan fingerprint density at radius 2 is 1.82 bits per heavy atom. The molecule has 0 aliphatic rings. The van der Waals surface area contributed by atoms with E-state index in [2.05, 4.69) is 39.8 Å². The van der Waals surface area contributed by atoms with Gasteiger partial charge in [0.15, 0.2) is 0 Å². The molecule has 0 amide bonds. The zero-order valence-corrected chi connectivity index (χ0v) is 9.12. The average Bonchev–Trinajstić information content (AvgIpc) is 1.81. The third kappa shape index (κ3) is 3.24. The van der Waals surface area contributed by atoms with Crippen LogP contribution in [0.25, 0.3) is 0 Å². The van der Waals surface area contributed by atoms with Gasteiger partial charge in [0, 0.05) is 0 Å². The first kappa shape index (κ1) is 11.0. The van der Waals surface area contributed by atoms with Crippen molar-refractivity contribution in [3.63, 3.8) is 0 Å². The SMILES string of the molecule is [C+]#CCO[Si](C)(C)C(C)(C)C. The van der Waals surface area contributed by atoms with E-state index in [1.54, 1.807) is 0 Å². The van der Waals surface area contributed by atoms with Crippen LogP contribution in [0.5, 0.6) is 0 Å². The molecule has 0 aliphatic heterocycles. The summed E-state index contributed by atoms with van der Waals surface area (Å²) in [5.41, 5.74) is 0. The Hall–Kier alpha value is -0.0431. The van der Waals surface area contributed by atoms with Crippen molar-refractivity contribution in [1.82, 2.24) is 0 Å². The van der Waals surface area contributed by atoms with E-state index in [-0.39, 0.29) is 5.04 Å². The average molecular weight is 169 g/mol. The Morgan fingerprint density at radius 1 is 1.36 bits per heavy atom. The van der Waals surface area contributed by atoms with Crippen molar-refractivity contribution in [2.24, 2.45) is 0 Å². The Morgan fingerprint density at radius 3 is 2.09 bits per heavy atom. The zero-order valence-electron chi connectivity index (χ0n) is 8.12. The first-order chi connectivity index (χ1) is 4.81. The molecule has 0 N–H and O–H groups in total. The maximum atomic E-state index is 6.73. The van der Waals surface area contributed by atoms with Gasteiger partial charge in [0.25, 0.3) is 0 Å². The summed E-state index contributed by atoms with van der Waals surface area (Å²) in [5.74, 6) is 2.26. The van der Waals surface area contributed by atoms with Gasteiger partial charge < -0.3 is 0 Å². The van der Waals surface area contributed by atoms with Crippen molar-refractivity contribution in [1.29, 1.82) is 0 Å². The second-order valence-electron chi connectivity index (χ2n) is 4.23. The van der Waals surface area contributed by atoms with Crippen LogP contribution in [0.4, 0.5) is 0 Å². The molecule has 62 valence electrons. The molecule has 0 atom stereocenters. The van der Waals surface area contributed by atoms with Crippen molar-refractivity contribution in [3.05, 3.63) is 6.42 Å². The molecule has 0 saturated heterocycles.